The zero-order valence-electron chi connectivity index (χ0n) is 25.2. The lowest BCUT2D eigenvalue weighted by molar-refractivity contribution is -0.231. The highest BCUT2D eigenvalue weighted by atomic mass is 32.1. The van der Waals surface area contributed by atoms with Gasteiger partial charge in [-0.05, 0) is 99.2 Å². The van der Waals surface area contributed by atoms with Crippen molar-refractivity contribution in [2.24, 2.45) is 5.73 Å². The minimum atomic E-state index is -5.41. The molecule has 16 heteroatoms. The predicted octanol–water partition coefficient (Wildman–Crippen LogP) is 5.07. The molecular formula is C30H33F3N6O6S. The molecule has 0 saturated carbocycles. The number of nitrogen functional groups attached to an aromatic ring is 1. The number of methoxy groups -OCH3 is 1. The van der Waals surface area contributed by atoms with Crippen LogP contribution in [0.25, 0.3) is 0 Å². The number of ether oxygens (including phenoxy) is 3. The summed E-state index contributed by atoms with van der Waals surface area (Å²) in [6.07, 6.45) is -5.61. The molecule has 246 valence electrons. The van der Waals surface area contributed by atoms with Crippen LogP contribution in [0, 0.1) is 5.41 Å². The first-order valence-electron chi connectivity index (χ1n) is 13.7. The van der Waals surface area contributed by atoms with Crippen molar-refractivity contribution in [3.05, 3.63) is 77.9 Å². The Morgan fingerprint density at radius 2 is 1.63 bits per heavy atom. The summed E-state index contributed by atoms with van der Waals surface area (Å²) in [5, 5.41) is 12.7. The third kappa shape index (κ3) is 9.88. The minimum Gasteiger partial charge on any atom is -0.497 e. The van der Waals surface area contributed by atoms with E-state index in [1.807, 2.05) is 13.8 Å². The molecule has 0 aromatic heterocycles. The van der Waals surface area contributed by atoms with Crippen LogP contribution in [0.1, 0.15) is 37.9 Å². The van der Waals surface area contributed by atoms with E-state index in [0.717, 1.165) is 0 Å². The number of anilines is 2. The molecule has 0 radical (unpaired) electrons. The number of hydroxylamine groups is 1. The van der Waals surface area contributed by atoms with Gasteiger partial charge >= 0.3 is 12.1 Å². The van der Waals surface area contributed by atoms with Crippen molar-refractivity contribution in [3.8, 4) is 17.2 Å². The summed E-state index contributed by atoms with van der Waals surface area (Å²) in [4.78, 5) is 30.1. The van der Waals surface area contributed by atoms with E-state index >= 15 is 0 Å². The van der Waals surface area contributed by atoms with Crippen molar-refractivity contribution >= 4 is 46.4 Å². The smallest absolute Gasteiger partial charge is 0.493 e. The van der Waals surface area contributed by atoms with Crippen LogP contribution in [0.15, 0.2) is 66.7 Å². The molecule has 0 aliphatic rings. The van der Waals surface area contributed by atoms with Crippen molar-refractivity contribution in [1.29, 1.82) is 5.41 Å². The summed E-state index contributed by atoms with van der Waals surface area (Å²) in [5.74, 6) is -2.60. The van der Waals surface area contributed by atoms with Crippen LogP contribution < -0.4 is 36.0 Å². The molecule has 0 fully saturated rings. The van der Waals surface area contributed by atoms with Gasteiger partial charge in [-0.2, -0.15) is 13.2 Å². The summed E-state index contributed by atoms with van der Waals surface area (Å²) in [6, 6.07) is 15.6. The fraction of sp³-hybridized carbons (Fsp3) is 0.267. The first-order valence-corrected chi connectivity index (χ1v) is 14.1. The minimum absolute atomic E-state index is 0.116. The predicted molar refractivity (Wildman–Crippen MR) is 169 cm³/mol. The molecule has 0 bridgehead atoms. The third-order valence-electron chi connectivity index (χ3n) is 5.88. The number of amides is 1. The Hall–Kier alpha value is -5.25. The number of carbonyl (C=O) groups excluding carboxylic acids is 2. The van der Waals surface area contributed by atoms with E-state index in [1.54, 1.807) is 43.3 Å². The molecule has 0 heterocycles. The molecule has 1 unspecified atom stereocenters. The van der Waals surface area contributed by atoms with Gasteiger partial charge in [-0.1, -0.05) is 11.2 Å². The van der Waals surface area contributed by atoms with Crippen LogP contribution in [0.5, 0.6) is 17.2 Å². The van der Waals surface area contributed by atoms with Gasteiger partial charge in [0.15, 0.2) is 11.5 Å². The second-order valence-corrected chi connectivity index (χ2v) is 10.1. The molecule has 0 spiro atoms. The van der Waals surface area contributed by atoms with Gasteiger partial charge in [-0.3, -0.25) is 10.2 Å². The first-order chi connectivity index (χ1) is 21.7. The number of amidine groups is 1. The van der Waals surface area contributed by atoms with E-state index in [0.29, 0.717) is 34.1 Å². The summed E-state index contributed by atoms with van der Waals surface area (Å²) in [7, 11) is 1.45. The quantitative estimate of drug-likeness (QED) is 0.0808. The number of hydrogen-bond donors (Lipinski definition) is 5. The average Bonchev–Trinajstić information content (AvgIpc) is 3.00. The topological polar surface area (TPSA) is 160 Å². The number of hydrogen-bond acceptors (Lipinski definition) is 9. The molecule has 0 saturated heterocycles. The second kappa shape index (κ2) is 15.7. The second-order valence-electron chi connectivity index (χ2n) is 9.68. The lowest BCUT2D eigenvalue weighted by atomic mass is 10.0. The molecule has 6 N–H and O–H groups in total. The monoisotopic (exact) mass is 662 g/mol. The van der Waals surface area contributed by atoms with Crippen molar-refractivity contribution < 1.29 is 41.8 Å². The summed E-state index contributed by atoms with van der Waals surface area (Å²) < 4.78 is 56.3. The Bertz CT molecular complexity index is 1540. The molecule has 12 nitrogen and oxygen atoms in total. The molecule has 3 aromatic rings. The zero-order valence-corrected chi connectivity index (χ0v) is 26.0. The van der Waals surface area contributed by atoms with E-state index in [9.17, 15) is 22.8 Å². The maximum absolute atomic E-state index is 13.8. The number of halogens is 3. The molecular weight excluding hydrogens is 629 g/mol. The van der Waals surface area contributed by atoms with Gasteiger partial charge in [0.05, 0.1) is 19.8 Å². The largest absolute Gasteiger partial charge is 0.497 e. The van der Waals surface area contributed by atoms with Gasteiger partial charge in [-0.25, -0.2) is 10.2 Å². The fourth-order valence-corrected chi connectivity index (χ4v) is 4.00. The highest BCUT2D eigenvalue weighted by molar-refractivity contribution is 7.80. The van der Waals surface area contributed by atoms with Gasteiger partial charge in [0.2, 0.25) is 5.11 Å². The number of hydrazine groups is 1. The SMILES string of the molecule is CCOc1cc(C(Nc2ccc(C(=N)N)cc2)C(=O)NN(OC(=O)C(F)(F)F)C(=S)Nc2ccc(OC)cc2)ccc1OC(C)C. The molecule has 1 amide bonds. The van der Waals surface area contributed by atoms with Crippen LogP contribution in [-0.2, 0) is 14.4 Å². The maximum atomic E-state index is 13.8. The van der Waals surface area contributed by atoms with Crippen LogP contribution in [-0.4, -0.2) is 54.0 Å². The molecule has 46 heavy (non-hydrogen) atoms. The Morgan fingerprint density at radius 1 is 1.00 bits per heavy atom. The molecule has 0 aliphatic heterocycles. The van der Waals surface area contributed by atoms with Gasteiger partial charge in [0.25, 0.3) is 5.91 Å². The third-order valence-corrected chi connectivity index (χ3v) is 6.14. The summed E-state index contributed by atoms with van der Waals surface area (Å²) in [6.45, 7) is 5.67. The Labute approximate surface area is 268 Å². The Morgan fingerprint density at radius 3 is 2.17 bits per heavy atom. The van der Waals surface area contributed by atoms with Crippen molar-refractivity contribution in [2.45, 2.75) is 39.1 Å². The average molecular weight is 663 g/mol. The lowest BCUT2D eigenvalue weighted by Gasteiger charge is -2.28. The number of carbonyl (C=O) groups is 2. The van der Waals surface area contributed by atoms with E-state index < -0.39 is 29.2 Å². The molecule has 3 aromatic carbocycles. The van der Waals surface area contributed by atoms with Gasteiger partial charge in [0, 0.05) is 16.9 Å². The van der Waals surface area contributed by atoms with Gasteiger partial charge in [0.1, 0.15) is 17.6 Å². The number of nitrogens with zero attached hydrogens (tertiary/aromatic N) is 1. The summed E-state index contributed by atoms with van der Waals surface area (Å²) in [5.41, 5.74) is 9.06. The highest BCUT2D eigenvalue weighted by Gasteiger charge is 2.43. The van der Waals surface area contributed by atoms with Crippen LogP contribution >= 0.6 is 12.2 Å². The van der Waals surface area contributed by atoms with Crippen LogP contribution in [0.3, 0.4) is 0 Å². The van der Waals surface area contributed by atoms with Crippen LogP contribution in [0.2, 0.25) is 0 Å². The lowest BCUT2D eigenvalue weighted by Crippen LogP contribution is -2.52. The number of nitrogens with two attached hydrogens (primary N) is 1. The fourth-order valence-electron chi connectivity index (χ4n) is 3.80. The molecule has 1 atom stereocenters. The van der Waals surface area contributed by atoms with E-state index in [-0.39, 0.29) is 29.4 Å². The van der Waals surface area contributed by atoms with E-state index in [4.69, 9.17) is 37.6 Å². The van der Waals surface area contributed by atoms with Gasteiger partial charge < -0.3 is 35.4 Å². The zero-order chi connectivity index (χ0) is 34.0. The van der Waals surface area contributed by atoms with Crippen molar-refractivity contribution in [1.82, 2.24) is 10.6 Å². The highest BCUT2D eigenvalue weighted by Crippen LogP contribution is 2.33. The number of rotatable bonds is 11. The molecule has 0 aliphatic carbocycles. The standard InChI is InChI=1S/C30H33F3N6O6S/c1-5-43-24-16-19(8-15-23(24)44-17(2)3)25(36-20-9-6-18(7-10-20)26(34)35)27(40)38-39(45-28(41)30(31,32)33)29(46)37-21-11-13-22(42-4)14-12-21/h6-17,25,36H,5H2,1-4H3,(H3,34,35)(H,37,46)(H,38,40). The maximum Gasteiger partial charge on any atom is 0.493 e. The van der Waals surface area contributed by atoms with Crippen molar-refractivity contribution in [2.75, 3.05) is 24.4 Å². The first kappa shape index (κ1) is 35.2. The summed E-state index contributed by atoms with van der Waals surface area (Å²) >= 11 is 5.20. The number of benzene rings is 3. The van der Waals surface area contributed by atoms with Crippen LogP contribution in [0.4, 0.5) is 24.5 Å². The Balaban J connectivity index is 2.00. The number of thiocarbonyl (C=S) groups is 1. The van der Waals surface area contributed by atoms with E-state index in [1.165, 1.54) is 37.4 Å². The molecule has 3 rings (SSSR count). The van der Waals surface area contributed by atoms with E-state index in [2.05, 4.69) is 20.9 Å². The number of nitrogens with one attached hydrogen (secondary N) is 4. The normalized spacial score (nSPS) is 11.6. The Kier molecular flexibility index (Phi) is 12.0. The van der Waals surface area contributed by atoms with Gasteiger partial charge in [-0.15, -0.1) is 0 Å². The number of alkyl halides is 3. The van der Waals surface area contributed by atoms with Crippen molar-refractivity contribution in [3.63, 3.8) is 0 Å².